The predicted octanol–water partition coefficient (Wildman–Crippen LogP) is 6.26. The Hall–Kier alpha value is -3.29. The Kier molecular flexibility index (Phi) is 5.83. The van der Waals surface area contributed by atoms with Gasteiger partial charge in [0, 0.05) is 27.2 Å². The number of carbonyl (C=O) groups excluding carboxylic acids is 1. The summed E-state index contributed by atoms with van der Waals surface area (Å²) in [5.41, 5.74) is 4.78. The van der Waals surface area contributed by atoms with Crippen LogP contribution in [0.25, 0.3) is 11.3 Å². The summed E-state index contributed by atoms with van der Waals surface area (Å²) in [5, 5.41) is 18.6. The topological polar surface area (TPSA) is 78.5 Å². The molecule has 0 radical (unpaired) electrons. The highest BCUT2D eigenvalue weighted by Gasteiger charge is 2.42. The van der Waals surface area contributed by atoms with E-state index in [1.165, 1.54) is 0 Å². The van der Waals surface area contributed by atoms with Crippen molar-refractivity contribution < 1.29 is 14.6 Å². The molecule has 1 atom stereocenters. The number of phenolic OH excluding ortho intramolecular Hbond substituents is 1. The van der Waals surface area contributed by atoms with Gasteiger partial charge in [0.15, 0.2) is 0 Å². The number of phenols is 1. The first-order valence-corrected chi connectivity index (χ1v) is 11.8. The first-order chi connectivity index (χ1) is 16.4. The average molecular weight is 539 g/mol. The molecule has 5 rings (SSSR count). The van der Waals surface area contributed by atoms with Crippen LogP contribution < -0.4 is 4.74 Å². The van der Waals surface area contributed by atoms with Gasteiger partial charge in [0.1, 0.15) is 22.9 Å². The Bertz CT molecular complexity index is 1380. The van der Waals surface area contributed by atoms with Gasteiger partial charge in [-0.15, -0.1) is 0 Å². The second-order valence-electron chi connectivity index (χ2n) is 8.21. The largest absolute Gasteiger partial charge is 0.507 e. The summed E-state index contributed by atoms with van der Waals surface area (Å²) < 4.78 is 6.20. The monoisotopic (exact) mass is 537 g/mol. The van der Waals surface area contributed by atoms with E-state index in [4.69, 9.17) is 16.3 Å². The fraction of sp³-hybridized carbons (Fsp3) is 0.154. The number of amides is 1. The lowest BCUT2D eigenvalue weighted by Gasteiger charge is -2.27. The average Bonchev–Trinajstić information content (AvgIpc) is 3.37. The van der Waals surface area contributed by atoms with Crippen LogP contribution in [0.4, 0.5) is 0 Å². The Morgan fingerprint density at radius 1 is 1.15 bits per heavy atom. The fourth-order valence-corrected chi connectivity index (χ4v) is 4.77. The third-order valence-corrected chi connectivity index (χ3v) is 7.03. The molecule has 0 spiro atoms. The van der Waals surface area contributed by atoms with Crippen molar-refractivity contribution >= 4 is 33.4 Å². The molecular weight excluding hydrogens is 518 g/mol. The summed E-state index contributed by atoms with van der Waals surface area (Å²) in [6.45, 7) is 2.22. The lowest BCUT2D eigenvalue weighted by molar-refractivity contribution is 0.0730. The van der Waals surface area contributed by atoms with Gasteiger partial charge < -0.3 is 14.7 Å². The number of benzene rings is 3. The standard InChI is InChI=1S/C26H21BrClN3O3/c1-14-11-21(32)19(12-20(14)28)23-22-24(30-29-23)26(33)31(13-15-3-9-18(34-2)10-4-15)25(22)16-5-7-17(27)8-6-16/h3-12,25,32H,13H2,1-2H3,(H,29,30). The van der Waals surface area contributed by atoms with Crippen LogP contribution in [-0.2, 0) is 6.54 Å². The van der Waals surface area contributed by atoms with Crippen molar-refractivity contribution in [2.45, 2.75) is 19.5 Å². The van der Waals surface area contributed by atoms with Gasteiger partial charge in [-0.05, 0) is 60.0 Å². The highest BCUT2D eigenvalue weighted by molar-refractivity contribution is 9.10. The predicted molar refractivity (Wildman–Crippen MR) is 134 cm³/mol. The maximum absolute atomic E-state index is 13.6. The number of carbonyl (C=O) groups is 1. The second kappa shape index (κ2) is 8.81. The van der Waals surface area contributed by atoms with E-state index < -0.39 is 6.04 Å². The smallest absolute Gasteiger partial charge is 0.273 e. The number of H-pyrrole nitrogens is 1. The second-order valence-corrected chi connectivity index (χ2v) is 9.54. The van der Waals surface area contributed by atoms with E-state index >= 15 is 0 Å². The maximum atomic E-state index is 13.6. The number of hydrogen-bond donors (Lipinski definition) is 2. The van der Waals surface area contributed by atoms with Gasteiger partial charge in [-0.1, -0.05) is 51.8 Å². The molecule has 34 heavy (non-hydrogen) atoms. The van der Waals surface area contributed by atoms with Crippen LogP contribution in [0.1, 0.15) is 38.8 Å². The summed E-state index contributed by atoms with van der Waals surface area (Å²) in [7, 11) is 1.62. The number of aromatic hydroxyl groups is 1. The van der Waals surface area contributed by atoms with Crippen molar-refractivity contribution in [2.75, 3.05) is 7.11 Å². The van der Waals surface area contributed by atoms with Gasteiger partial charge in [-0.2, -0.15) is 5.10 Å². The van der Waals surface area contributed by atoms with E-state index in [0.29, 0.717) is 28.5 Å². The number of aromatic amines is 1. The van der Waals surface area contributed by atoms with Gasteiger partial charge in [-0.3, -0.25) is 9.89 Å². The summed E-state index contributed by atoms with van der Waals surface area (Å²) in [4.78, 5) is 15.4. The van der Waals surface area contributed by atoms with Crippen LogP contribution >= 0.6 is 27.5 Å². The van der Waals surface area contributed by atoms with E-state index in [1.54, 1.807) is 19.2 Å². The number of halogens is 2. The molecule has 0 saturated heterocycles. The number of aryl methyl sites for hydroxylation is 1. The lowest BCUT2D eigenvalue weighted by atomic mass is 9.95. The van der Waals surface area contributed by atoms with E-state index in [2.05, 4.69) is 26.1 Å². The van der Waals surface area contributed by atoms with E-state index in [-0.39, 0.29) is 11.7 Å². The molecule has 1 aliphatic heterocycles. The molecule has 8 heteroatoms. The van der Waals surface area contributed by atoms with Crippen LogP contribution in [0.15, 0.2) is 65.1 Å². The minimum Gasteiger partial charge on any atom is -0.507 e. The van der Waals surface area contributed by atoms with E-state index in [9.17, 15) is 9.90 Å². The summed E-state index contributed by atoms with van der Waals surface area (Å²) in [6.07, 6.45) is 0. The number of aromatic nitrogens is 2. The first-order valence-electron chi connectivity index (χ1n) is 10.6. The van der Waals surface area contributed by atoms with Crippen molar-refractivity contribution in [3.05, 3.63) is 98.1 Å². The minimum atomic E-state index is -0.397. The lowest BCUT2D eigenvalue weighted by Crippen LogP contribution is -2.29. The number of rotatable bonds is 5. The molecule has 3 aromatic carbocycles. The van der Waals surface area contributed by atoms with Crippen LogP contribution in [0.5, 0.6) is 11.5 Å². The van der Waals surface area contributed by atoms with Gasteiger partial charge in [0.2, 0.25) is 0 Å². The van der Waals surface area contributed by atoms with Gasteiger partial charge >= 0.3 is 0 Å². The first kappa shape index (κ1) is 22.5. The third kappa shape index (κ3) is 3.85. The maximum Gasteiger partial charge on any atom is 0.273 e. The van der Waals surface area contributed by atoms with Gasteiger partial charge in [0.25, 0.3) is 5.91 Å². The van der Waals surface area contributed by atoms with Crippen molar-refractivity contribution in [3.8, 4) is 22.8 Å². The number of methoxy groups -OCH3 is 1. The normalized spacial score (nSPS) is 15.0. The summed E-state index contributed by atoms with van der Waals surface area (Å²) in [5.74, 6) is 0.659. The Morgan fingerprint density at radius 2 is 1.85 bits per heavy atom. The fourth-order valence-electron chi connectivity index (χ4n) is 4.34. The van der Waals surface area contributed by atoms with E-state index in [0.717, 1.165) is 32.5 Å². The molecule has 0 bridgehead atoms. The van der Waals surface area contributed by atoms with Crippen LogP contribution in [0.2, 0.25) is 5.02 Å². The number of hydrogen-bond acceptors (Lipinski definition) is 4. The molecule has 172 valence electrons. The van der Waals surface area contributed by atoms with Crippen LogP contribution in [0.3, 0.4) is 0 Å². The molecule has 2 heterocycles. The minimum absolute atomic E-state index is 0.0619. The molecular formula is C26H21BrClN3O3. The number of fused-ring (bicyclic) bond motifs is 1. The van der Waals surface area contributed by atoms with Crippen molar-refractivity contribution in [1.82, 2.24) is 15.1 Å². The van der Waals surface area contributed by atoms with Crippen LogP contribution in [0, 0.1) is 6.92 Å². The third-order valence-electron chi connectivity index (χ3n) is 6.09. The molecule has 1 aliphatic rings. The van der Waals surface area contributed by atoms with Crippen molar-refractivity contribution in [1.29, 1.82) is 0 Å². The Labute approximate surface area is 210 Å². The van der Waals surface area contributed by atoms with E-state index in [1.807, 2.05) is 60.4 Å². The number of nitrogens with one attached hydrogen (secondary N) is 1. The van der Waals surface area contributed by atoms with Crippen LogP contribution in [-0.4, -0.2) is 33.2 Å². The zero-order valence-corrected chi connectivity index (χ0v) is 20.8. The summed E-state index contributed by atoms with van der Waals surface area (Å²) in [6, 6.07) is 18.4. The summed E-state index contributed by atoms with van der Waals surface area (Å²) >= 11 is 9.86. The zero-order valence-electron chi connectivity index (χ0n) is 18.5. The molecule has 2 N–H and O–H groups in total. The molecule has 4 aromatic rings. The Morgan fingerprint density at radius 3 is 2.53 bits per heavy atom. The molecule has 1 amide bonds. The molecule has 6 nitrogen and oxygen atoms in total. The highest BCUT2D eigenvalue weighted by Crippen LogP contribution is 2.46. The molecule has 0 fully saturated rings. The quantitative estimate of drug-likeness (QED) is 0.314. The molecule has 1 unspecified atom stereocenters. The zero-order chi connectivity index (χ0) is 24.0. The van der Waals surface area contributed by atoms with Crippen molar-refractivity contribution in [3.63, 3.8) is 0 Å². The number of ether oxygens (including phenoxy) is 1. The number of nitrogens with zero attached hydrogens (tertiary/aromatic N) is 2. The van der Waals surface area contributed by atoms with Gasteiger partial charge in [0.05, 0.1) is 13.2 Å². The van der Waals surface area contributed by atoms with Gasteiger partial charge in [-0.25, -0.2) is 0 Å². The van der Waals surface area contributed by atoms with Crippen molar-refractivity contribution in [2.24, 2.45) is 0 Å². The Balaban J connectivity index is 1.64. The molecule has 0 saturated carbocycles. The molecule has 1 aromatic heterocycles. The molecule has 0 aliphatic carbocycles. The highest BCUT2D eigenvalue weighted by atomic mass is 79.9. The SMILES string of the molecule is COc1ccc(CN2C(=O)c3[nH]nc(-c4cc(Cl)c(C)cc4O)c3C2c2ccc(Br)cc2)cc1.